The van der Waals surface area contributed by atoms with Crippen molar-refractivity contribution in [2.24, 2.45) is 5.92 Å². The summed E-state index contributed by atoms with van der Waals surface area (Å²) in [4.78, 5) is 40.7. The highest BCUT2D eigenvalue weighted by atomic mass is 35.5. The lowest BCUT2D eigenvalue weighted by atomic mass is 9.99. The molecule has 2 rings (SSSR count). The van der Waals surface area contributed by atoms with Crippen LogP contribution in [0.1, 0.15) is 20.3 Å². The molecule has 0 aliphatic rings. The van der Waals surface area contributed by atoms with Gasteiger partial charge in [0, 0.05) is 5.02 Å². The van der Waals surface area contributed by atoms with E-state index in [-0.39, 0.29) is 18.0 Å². The van der Waals surface area contributed by atoms with Crippen LogP contribution in [0.5, 0.6) is 0 Å². The molecule has 7 nitrogen and oxygen atoms in total. The molecule has 134 valence electrons. The highest BCUT2D eigenvalue weighted by Crippen LogP contribution is 2.14. The second-order valence-electron chi connectivity index (χ2n) is 5.79. The molecule has 0 aliphatic heterocycles. The van der Waals surface area contributed by atoms with Crippen molar-refractivity contribution in [1.29, 1.82) is 0 Å². The minimum atomic E-state index is -0.759. The molecule has 8 heteroatoms. The number of esters is 1. The molecule has 0 bridgehead atoms. The van der Waals surface area contributed by atoms with Crippen molar-refractivity contribution in [3.05, 3.63) is 39.9 Å². The first-order chi connectivity index (χ1) is 11.9. The molecule has 2 atom stereocenters. The third-order valence-electron chi connectivity index (χ3n) is 4.09. The van der Waals surface area contributed by atoms with Crippen LogP contribution < -0.4 is 10.9 Å². The summed E-state index contributed by atoms with van der Waals surface area (Å²) in [5.74, 6) is -1.07. The first-order valence-electron chi connectivity index (χ1n) is 7.89. The molecule has 0 radical (unpaired) electrons. The molecular weight excluding hydrogens is 346 g/mol. The molecule has 1 aromatic carbocycles. The van der Waals surface area contributed by atoms with Crippen molar-refractivity contribution in [2.75, 3.05) is 7.11 Å². The van der Waals surface area contributed by atoms with Gasteiger partial charge in [0.15, 0.2) is 0 Å². The molecule has 1 aromatic heterocycles. The van der Waals surface area contributed by atoms with Gasteiger partial charge in [-0.1, -0.05) is 31.9 Å². The van der Waals surface area contributed by atoms with E-state index in [0.29, 0.717) is 22.3 Å². The van der Waals surface area contributed by atoms with Crippen LogP contribution >= 0.6 is 11.6 Å². The Balaban J connectivity index is 2.21. The zero-order valence-electron chi connectivity index (χ0n) is 14.3. The van der Waals surface area contributed by atoms with Crippen LogP contribution in [0.2, 0.25) is 5.02 Å². The van der Waals surface area contributed by atoms with Gasteiger partial charge < -0.3 is 10.1 Å². The summed E-state index contributed by atoms with van der Waals surface area (Å²) in [5.41, 5.74) is 0.108. The summed E-state index contributed by atoms with van der Waals surface area (Å²) in [6.45, 7) is 3.51. The molecule has 0 saturated heterocycles. The number of nitrogens with zero attached hydrogens (tertiary/aromatic N) is 2. The Morgan fingerprint density at radius 3 is 2.76 bits per heavy atom. The standard InChI is InChI=1S/C17H20ClN3O4/c1-4-10(2)15(17(24)25-3)20-14(22)8-21-9-19-13-7-11(18)5-6-12(13)16(21)23/h5-7,9-10,15H,4,8H2,1-3H3,(H,20,22). The number of methoxy groups -OCH3 is 1. The summed E-state index contributed by atoms with van der Waals surface area (Å²) < 4.78 is 5.92. The molecule has 25 heavy (non-hydrogen) atoms. The zero-order valence-corrected chi connectivity index (χ0v) is 15.0. The van der Waals surface area contributed by atoms with E-state index < -0.39 is 17.9 Å². The van der Waals surface area contributed by atoms with E-state index in [9.17, 15) is 14.4 Å². The number of aromatic nitrogens is 2. The van der Waals surface area contributed by atoms with Gasteiger partial charge in [0.2, 0.25) is 5.91 Å². The van der Waals surface area contributed by atoms with Crippen molar-refractivity contribution < 1.29 is 14.3 Å². The largest absolute Gasteiger partial charge is 0.467 e. The Labute approximate surface area is 149 Å². The third-order valence-corrected chi connectivity index (χ3v) is 4.32. The maximum atomic E-state index is 12.4. The molecule has 1 amide bonds. The number of hydrogen-bond donors (Lipinski definition) is 1. The number of rotatable bonds is 6. The molecule has 1 heterocycles. The van der Waals surface area contributed by atoms with Crippen molar-refractivity contribution in [3.8, 4) is 0 Å². The maximum absolute atomic E-state index is 12.4. The van der Waals surface area contributed by atoms with Crippen molar-refractivity contribution in [1.82, 2.24) is 14.9 Å². The zero-order chi connectivity index (χ0) is 18.6. The van der Waals surface area contributed by atoms with Crippen molar-refractivity contribution in [3.63, 3.8) is 0 Å². The fourth-order valence-corrected chi connectivity index (χ4v) is 2.58. The molecule has 0 aliphatic carbocycles. The molecule has 0 spiro atoms. The van der Waals surface area contributed by atoms with E-state index in [2.05, 4.69) is 10.3 Å². The number of hydrogen-bond acceptors (Lipinski definition) is 5. The van der Waals surface area contributed by atoms with Gasteiger partial charge in [-0.2, -0.15) is 0 Å². The second-order valence-corrected chi connectivity index (χ2v) is 6.23. The van der Waals surface area contributed by atoms with E-state index in [1.807, 2.05) is 13.8 Å². The van der Waals surface area contributed by atoms with Crippen LogP contribution in [-0.4, -0.2) is 34.6 Å². The summed E-state index contributed by atoms with van der Waals surface area (Å²) in [7, 11) is 1.27. The van der Waals surface area contributed by atoms with Crippen LogP contribution in [-0.2, 0) is 20.9 Å². The van der Waals surface area contributed by atoms with Gasteiger partial charge >= 0.3 is 5.97 Å². The fourth-order valence-electron chi connectivity index (χ4n) is 2.41. The predicted octanol–water partition coefficient (Wildman–Crippen LogP) is 1.75. The third kappa shape index (κ3) is 4.36. The Kier molecular flexibility index (Phi) is 6.14. The SMILES string of the molecule is CCC(C)C(NC(=O)Cn1cnc2cc(Cl)ccc2c1=O)C(=O)OC. The smallest absolute Gasteiger partial charge is 0.328 e. The van der Waals surface area contributed by atoms with Crippen molar-refractivity contribution >= 4 is 34.4 Å². The highest BCUT2D eigenvalue weighted by molar-refractivity contribution is 6.31. The van der Waals surface area contributed by atoms with Crippen LogP contribution in [0.15, 0.2) is 29.3 Å². The minimum absolute atomic E-state index is 0.0926. The number of nitrogens with one attached hydrogen (secondary N) is 1. The van der Waals surface area contributed by atoms with Crippen LogP contribution in [0.25, 0.3) is 10.9 Å². The van der Waals surface area contributed by atoms with Gasteiger partial charge in [-0.25, -0.2) is 9.78 Å². The lowest BCUT2D eigenvalue weighted by molar-refractivity contribution is -0.146. The lowest BCUT2D eigenvalue weighted by Crippen LogP contribution is -2.47. The van der Waals surface area contributed by atoms with Crippen LogP contribution in [0.3, 0.4) is 0 Å². The van der Waals surface area contributed by atoms with Gasteiger partial charge in [0.25, 0.3) is 5.56 Å². The number of benzene rings is 1. The topological polar surface area (TPSA) is 90.3 Å². The fraction of sp³-hybridized carbons (Fsp3) is 0.412. The number of carbonyl (C=O) groups excluding carboxylic acids is 2. The Bertz CT molecular complexity index is 849. The summed E-state index contributed by atoms with van der Waals surface area (Å²) in [6, 6.07) is 3.98. The predicted molar refractivity (Wildman–Crippen MR) is 94.4 cm³/mol. The number of ether oxygens (including phenoxy) is 1. The first-order valence-corrected chi connectivity index (χ1v) is 8.27. The average molecular weight is 366 g/mol. The average Bonchev–Trinajstić information content (AvgIpc) is 2.60. The van der Waals surface area contributed by atoms with Crippen molar-refractivity contribution in [2.45, 2.75) is 32.9 Å². The summed E-state index contributed by atoms with van der Waals surface area (Å²) >= 11 is 5.88. The van der Waals surface area contributed by atoms with Crippen LogP contribution in [0, 0.1) is 5.92 Å². The Morgan fingerprint density at radius 2 is 2.12 bits per heavy atom. The van der Waals surface area contributed by atoms with E-state index in [1.54, 1.807) is 18.2 Å². The van der Waals surface area contributed by atoms with Gasteiger partial charge in [-0.15, -0.1) is 0 Å². The van der Waals surface area contributed by atoms with E-state index in [4.69, 9.17) is 16.3 Å². The number of amides is 1. The molecule has 1 N–H and O–H groups in total. The number of halogens is 1. The molecule has 2 unspecified atom stereocenters. The van der Waals surface area contributed by atoms with Gasteiger partial charge in [-0.05, 0) is 24.1 Å². The van der Waals surface area contributed by atoms with E-state index in [0.717, 1.165) is 0 Å². The number of carbonyl (C=O) groups is 2. The lowest BCUT2D eigenvalue weighted by Gasteiger charge is -2.22. The van der Waals surface area contributed by atoms with Gasteiger partial charge in [0.1, 0.15) is 12.6 Å². The first kappa shape index (κ1) is 18.9. The molecule has 0 fully saturated rings. The summed E-state index contributed by atoms with van der Waals surface area (Å²) in [6.07, 6.45) is 1.98. The number of fused-ring (bicyclic) bond motifs is 1. The van der Waals surface area contributed by atoms with Gasteiger partial charge in [0.05, 0.1) is 24.3 Å². The monoisotopic (exact) mass is 365 g/mol. The maximum Gasteiger partial charge on any atom is 0.328 e. The molecular formula is C17H20ClN3O4. The highest BCUT2D eigenvalue weighted by Gasteiger charge is 2.26. The Morgan fingerprint density at radius 1 is 1.40 bits per heavy atom. The van der Waals surface area contributed by atoms with E-state index >= 15 is 0 Å². The van der Waals surface area contributed by atoms with Gasteiger partial charge in [-0.3, -0.25) is 14.2 Å². The van der Waals surface area contributed by atoms with E-state index in [1.165, 1.54) is 18.0 Å². The van der Waals surface area contributed by atoms with Crippen LogP contribution in [0.4, 0.5) is 0 Å². The molecule has 2 aromatic rings. The minimum Gasteiger partial charge on any atom is -0.467 e. The summed E-state index contributed by atoms with van der Waals surface area (Å²) in [5, 5.41) is 3.47. The Hall–Kier alpha value is -2.41. The quantitative estimate of drug-likeness (QED) is 0.788. The second kappa shape index (κ2) is 8.11. The molecule has 0 saturated carbocycles. The normalized spacial score (nSPS) is 13.3.